The normalized spacial score (nSPS) is 14.8. The first kappa shape index (κ1) is 15.5. The minimum atomic E-state index is -0.0591. The van der Waals surface area contributed by atoms with Crippen LogP contribution < -0.4 is 0 Å². The Morgan fingerprint density at radius 1 is 0.741 bits per heavy atom. The molecule has 2 heteroatoms. The van der Waals surface area contributed by atoms with Crippen molar-refractivity contribution in [1.29, 1.82) is 0 Å². The molecule has 27 heavy (non-hydrogen) atoms. The first-order chi connectivity index (χ1) is 13.1. The Morgan fingerprint density at radius 2 is 1.48 bits per heavy atom. The molecule has 1 nitrogen and oxygen atoms in total. The van der Waals surface area contributed by atoms with E-state index < -0.39 is 0 Å². The average molecular weight is 413 g/mol. The minimum Gasteiger partial charge on any atom is -0.456 e. The smallest absolute Gasteiger partial charge is 0.137 e. The predicted octanol–water partition coefficient (Wildman–Crippen LogP) is 7.81. The van der Waals surface area contributed by atoms with Gasteiger partial charge in [-0.25, -0.2) is 0 Å². The van der Waals surface area contributed by atoms with Crippen molar-refractivity contribution in [2.45, 2.75) is 19.3 Å². The molecule has 0 radical (unpaired) electrons. The van der Waals surface area contributed by atoms with Crippen molar-refractivity contribution in [2.24, 2.45) is 0 Å². The van der Waals surface area contributed by atoms with Crippen LogP contribution in [0.5, 0.6) is 0 Å². The molecule has 1 aliphatic rings. The van der Waals surface area contributed by atoms with E-state index in [2.05, 4.69) is 96.5 Å². The maximum absolute atomic E-state index is 6.33. The third-order valence-electron chi connectivity index (χ3n) is 6.11. The molecule has 0 fully saturated rings. The Morgan fingerprint density at radius 3 is 2.33 bits per heavy atom. The van der Waals surface area contributed by atoms with Crippen molar-refractivity contribution < 1.29 is 4.42 Å². The highest BCUT2D eigenvalue weighted by atomic mass is 79.9. The summed E-state index contributed by atoms with van der Waals surface area (Å²) in [6.07, 6.45) is 0. The molecule has 0 amide bonds. The molecule has 0 N–H and O–H groups in total. The quantitative estimate of drug-likeness (QED) is 0.252. The third kappa shape index (κ3) is 1.84. The molecule has 4 aromatic carbocycles. The topological polar surface area (TPSA) is 13.1 Å². The van der Waals surface area contributed by atoms with Gasteiger partial charge in [0.15, 0.2) is 0 Å². The van der Waals surface area contributed by atoms with Crippen LogP contribution in [0.4, 0.5) is 0 Å². The third-order valence-corrected chi connectivity index (χ3v) is 6.77. The largest absolute Gasteiger partial charge is 0.456 e. The number of rotatable bonds is 0. The second-order valence-corrected chi connectivity index (χ2v) is 8.77. The van der Waals surface area contributed by atoms with E-state index in [1.54, 1.807) is 0 Å². The first-order valence-corrected chi connectivity index (χ1v) is 10.0. The number of fused-ring (bicyclic) bond motifs is 9. The van der Waals surface area contributed by atoms with Crippen LogP contribution in [0.3, 0.4) is 0 Å². The zero-order valence-corrected chi connectivity index (χ0v) is 16.7. The van der Waals surface area contributed by atoms with E-state index in [0.717, 1.165) is 15.6 Å². The van der Waals surface area contributed by atoms with Crippen molar-refractivity contribution in [3.05, 3.63) is 82.3 Å². The number of halogens is 1. The summed E-state index contributed by atoms with van der Waals surface area (Å²) in [6, 6.07) is 23.8. The molecule has 1 aromatic heterocycles. The van der Waals surface area contributed by atoms with Gasteiger partial charge in [0.1, 0.15) is 11.2 Å². The molecular formula is C25H17BrO. The van der Waals surface area contributed by atoms with Gasteiger partial charge in [-0.3, -0.25) is 0 Å². The zero-order chi connectivity index (χ0) is 18.3. The van der Waals surface area contributed by atoms with Crippen LogP contribution in [0.2, 0.25) is 0 Å². The molecule has 5 aromatic rings. The Hall–Kier alpha value is -2.58. The van der Waals surface area contributed by atoms with E-state index in [9.17, 15) is 0 Å². The molecule has 0 bridgehead atoms. The molecule has 1 heterocycles. The summed E-state index contributed by atoms with van der Waals surface area (Å²) >= 11 is 3.72. The predicted molar refractivity (Wildman–Crippen MR) is 116 cm³/mol. The second kappa shape index (κ2) is 5.02. The van der Waals surface area contributed by atoms with Gasteiger partial charge in [0.05, 0.1) is 0 Å². The van der Waals surface area contributed by atoms with Gasteiger partial charge >= 0.3 is 0 Å². The van der Waals surface area contributed by atoms with E-state index in [1.165, 1.54) is 43.8 Å². The maximum atomic E-state index is 6.33. The van der Waals surface area contributed by atoms with E-state index in [1.807, 2.05) is 0 Å². The fraction of sp³-hybridized carbons (Fsp3) is 0.120. The van der Waals surface area contributed by atoms with E-state index >= 15 is 0 Å². The lowest BCUT2D eigenvalue weighted by atomic mass is 9.80. The summed E-state index contributed by atoms with van der Waals surface area (Å²) in [4.78, 5) is 0. The summed E-state index contributed by atoms with van der Waals surface area (Å²) in [5.41, 5.74) is 7.29. The van der Waals surface area contributed by atoms with Crippen LogP contribution in [0.15, 0.2) is 75.6 Å². The summed E-state index contributed by atoms with van der Waals surface area (Å²) in [7, 11) is 0. The van der Waals surface area contributed by atoms with Gasteiger partial charge in [-0.15, -0.1) is 0 Å². The van der Waals surface area contributed by atoms with Crippen LogP contribution in [0.25, 0.3) is 43.8 Å². The van der Waals surface area contributed by atoms with Crippen LogP contribution in [-0.4, -0.2) is 0 Å². The van der Waals surface area contributed by atoms with Gasteiger partial charge in [0.25, 0.3) is 0 Å². The first-order valence-electron chi connectivity index (χ1n) is 9.24. The van der Waals surface area contributed by atoms with Crippen LogP contribution >= 0.6 is 15.9 Å². The summed E-state index contributed by atoms with van der Waals surface area (Å²) in [5, 5.41) is 4.94. The molecule has 0 atom stereocenters. The molecule has 130 valence electrons. The van der Waals surface area contributed by atoms with Crippen LogP contribution in [0, 0.1) is 0 Å². The van der Waals surface area contributed by atoms with Gasteiger partial charge in [0, 0.05) is 20.7 Å². The Labute approximate surface area is 165 Å². The standard InChI is InChI=1S/C25H17BrO/c1-25(2)18-10-6-5-7-14(18)17-11-12-20-23(24(17)25)22-16-9-4-3-8-15(16)19(26)13-21(22)27-20/h3-13H,1-2H3. The SMILES string of the molecule is CC1(C)c2ccccc2-c2ccc3oc4cc(Br)c5ccccc5c4c3c21. The molecule has 6 rings (SSSR count). The van der Waals surface area contributed by atoms with Crippen LogP contribution in [-0.2, 0) is 5.41 Å². The Kier molecular flexibility index (Phi) is 2.88. The minimum absolute atomic E-state index is 0.0591. The highest BCUT2D eigenvalue weighted by molar-refractivity contribution is 9.10. The number of furan rings is 1. The zero-order valence-electron chi connectivity index (χ0n) is 15.1. The van der Waals surface area contributed by atoms with Crippen molar-refractivity contribution in [1.82, 2.24) is 0 Å². The Bertz CT molecular complexity index is 1400. The molecule has 1 aliphatic carbocycles. The van der Waals surface area contributed by atoms with E-state index in [4.69, 9.17) is 4.42 Å². The molecule has 0 spiro atoms. The van der Waals surface area contributed by atoms with Gasteiger partial charge in [-0.2, -0.15) is 0 Å². The van der Waals surface area contributed by atoms with E-state index in [-0.39, 0.29) is 5.41 Å². The fourth-order valence-corrected chi connectivity index (χ4v) is 5.51. The highest BCUT2D eigenvalue weighted by Crippen LogP contribution is 2.53. The maximum Gasteiger partial charge on any atom is 0.137 e. The van der Waals surface area contributed by atoms with Gasteiger partial charge < -0.3 is 4.42 Å². The van der Waals surface area contributed by atoms with Gasteiger partial charge in [-0.1, -0.05) is 84.4 Å². The van der Waals surface area contributed by atoms with Crippen molar-refractivity contribution >= 4 is 48.6 Å². The lowest BCUT2D eigenvalue weighted by molar-refractivity contribution is 0.657. The lowest BCUT2D eigenvalue weighted by Crippen LogP contribution is -2.15. The van der Waals surface area contributed by atoms with Gasteiger partial charge in [0.2, 0.25) is 0 Å². The average Bonchev–Trinajstić information content (AvgIpc) is 3.15. The molecule has 0 saturated carbocycles. The van der Waals surface area contributed by atoms with Gasteiger partial charge in [-0.05, 0) is 45.2 Å². The summed E-state index contributed by atoms with van der Waals surface area (Å²) < 4.78 is 7.40. The van der Waals surface area contributed by atoms with Crippen molar-refractivity contribution in [2.75, 3.05) is 0 Å². The van der Waals surface area contributed by atoms with Crippen LogP contribution in [0.1, 0.15) is 25.0 Å². The molecule has 0 aliphatic heterocycles. The van der Waals surface area contributed by atoms with Crippen molar-refractivity contribution in [3.8, 4) is 11.1 Å². The molecular weight excluding hydrogens is 396 g/mol. The fourth-order valence-electron chi connectivity index (χ4n) is 4.95. The number of benzene rings is 4. The highest BCUT2D eigenvalue weighted by Gasteiger charge is 2.38. The number of hydrogen-bond donors (Lipinski definition) is 0. The second-order valence-electron chi connectivity index (χ2n) is 7.91. The molecule has 0 unspecified atom stereocenters. The summed E-state index contributed by atoms with van der Waals surface area (Å²) in [6.45, 7) is 4.66. The van der Waals surface area contributed by atoms with E-state index in [0.29, 0.717) is 0 Å². The molecule has 0 saturated heterocycles. The summed E-state index contributed by atoms with van der Waals surface area (Å²) in [5.74, 6) is 0. The monoisotopic (exact) mass is 412 g/mol. The lowest BCUT2D eigenvalue weighted by Gasteiger charge is -2.22. The number of hydrogen-bond acceptors (Lipinski definition) is 1. The van der Waals surface area contributed by atoms with Crippen molar-refractivity contribution in [3.63, 3.8) is 0 Å². The Balaban J connectivity index is 1.89.